The van der Waals surface area contributed by atoms with Gasteiger partial charge in [-0.2, -0.15) is 4.31 Å². The molecule has 1 aliphatic rings. The van der Waals surface area contributed by atoms with E-state index in [1.807, 2.05) is 13.8 Å². The van der Waals surface area contributed by atoms with Crippen LogP contribution in [0.25, 0.3) is 0 Å². The molecule has 1 amide bonds. The summed E-state index contributed by atoms with van der Waals surface area (Å²) in [5, 5.41) is 2.87. The van der Waals surface area contributed by atoms with Gasteiger partial charge in [0.05, 0.1) is 31.1 Å². The van der Waals surface area contributed by atoms with E-state index in [-0.39, 0.29) is 17.8 Å². The average Bonchev–Trinajstić information content (AvgIpc) is 2.73. The van der Waals surface area contributed by atoms with E-state index in [9.17, 15) is 17.6 Å². The summed E-state index contributed by atoms with van der Waals surface area (Å²) in [7, 11) is -3.51. The smallest absolute Gasteiger partial charge is 0.278 e. The lowest BCUT2D eigenvalue weighted by molar-refractivity contribution is -0.917. The third-order valence-corrected chi connectivity index (χ3v) is 7.32. The number of carbonyl (C=O) groups excluding carboxylic acids is 1. The Labute approximate surface area is 171 Å². The molecule has 0 unspecified atom stereocenters. The molecule has 29 heavy (non-hydrogen) atoms. The fraction of sp³-hybridized carbons (Fsp3) is 0.381. The van der Waals surface area contributed by atoms with Gasteiger partial charge in [-0.15, -0.1) is 0 Å². The standard InChI is InChI=1S/C21H26FN3O3S/c1-16-3-9-20(10-4-16)29(27,28)25-13-11-24(12-14-25)17(2)21(26)23-15-18-5-7-19(22)8-6-18/h3-10,17H,11-15H2,1-2H3,(H,23,26)/p+1/t17-/m1/s1. The topological polar surface area (TPSA) is 70.9 Å². The molecule has 156 valence electrons. The minimum absolute atomic E-state index is 0.0980. The summed E-state index contributed by atoms with van der Waals surface area (Å²) in [4.78, 5) is 13.8. The lowest BCUT2D eigenvalue weighted by Crippen LogP contribution is -3.19. The van der Waals surface area contributed by atoms with Gasteiger partial charge in [0.15, 0.2) is 6.04 Å². The fourth-order valence-corrected chi connectivity index (χ4v) is 4.88. The summed E-state index contributed by atoms with van der Waals surface area (Å²) in [5.41, 5.74) is 1.84. The maximum absolute atomic E-state index is 13.0. The zero-order valence-corrected chi connectivity index (χ0v) is 17.5. The van der Waals surface area contributed by atoms with Gasteiger partial charge < -0.3 is 10.2 Å². The van der Waals surface area contributed by atoms with Crippen LogP contribution >= 0.6 is 0 Å². The van der Waals surface area contributed by atoms with Crippen LogP contribution in [0, 0.1) is 12.7 Å². The second kappa shape index (κ2) is 9.02. The van der Waals surface area contributed by atoms with E-state index in [1.165, 1.54) is 16.4 Å². The third-order valence-electron chi connectivity index (χ3n) is 5.41. The minimum atomic E-state index is -3.51. The highest BCUT2D eigenvalue weighted by molar-refractivity contribution is 7.89. The van der Waals surface area contributed by atoms with Crippen molar-refractivity contribution in [2.24, 2.45) is 0 Å². The number of rotatable bonds is 6. The van der Waals surface area contributed by atoms with Crippen LogP contribution in [-0.4, -0.2) is 50.9 Å². The van der Waals surface area contributed by atoms with Gasteiger partial charge in [0.1, 0.15) is 5.82 Å². The lowest BCUT2D eigenvalue weighted by atomic mass is 10.2. The van der Waals surface area contributed by atoms with Crippen LogP contribution < -0.4 is 10.2 Å². The molecule has 1 fully saturated rings. The van der Waals surface area contributed by atoms with Crippen molar-refractivity contribution < 1.29 is 22.5 Å². The third kappa shape index (κ3) is 5.20. The van der Waals surface area contributed by atoms with Gasteiger partial charge in [-0.3, -0.25) is 4.79 Å². The molecule has 0 aliphatic carbocycles. The monoisotopic (exact) mass is 420 g/mol. The predicted octanol–water partition coefficient (Wildman–Crippen LogP) is 0.728. The Morgan fingerprint density at radius 1 is 1.10 bits per heavy atom. The van der Waals surface area contributed by atoms with E-state index in [0.717, 1.165) is 16.0 Å². The Morgan fingerprint density at radius 2 is 1.69 bits per heavy atom. The van der Waals surface area contributed by atoms with Gasteiger partial charge in [0.2, 0.25) is 10.0 Å². The van der Waals surface area contributed by atoms with Crippen molar-refractivity contribution in [1.29, 1.82) is 0 Å². The number of halogens is 1. The van der Waals surface area contributed by atoms with Crippen molar-refractivity contribution in [2.45, 2.75) is 31.3 Å². The number of piperazine rings is 1. The van der Waals surface area contributed by atoms with E-state index >= 15 is 0 Å². The highest BCUT2D eigenvalue weighted by atomic mass is 32.2. The summed E-state index contributed by atoms with van der Waals surface area (Å²) in [6.45, 7) is 5.99. The van der Waals surface area contributed by atoms with Crippen molar-refractivity contribution in [2.75, 3.05) is 26.2 Å². The number of hydrogen-bond donors (Lipinski definition) is 2. The predicted molar refractivity (Wildman–Crippen MR) is 108 cm³/mol. The molecule has 2 aromatic carbocycles. The van der Waals surface area contributed by atoms with Crippen LogP contribution in [0.3, 0.4) is 0 Å². The summed E-state index contributed by atoms with van der Waals surface area (Å²) >= 11 is 0. The second-order valence-corrected chi connectivity index (χ2v) is 9.38. The first-order valence-corrected chi connectivity index (χ1v) is 11.1. The molecule has 0 bridgehead atoms. The Balaban J connectivity index is 1.53. The van der Waals surface area contributed by atoms with Crippen LogP contribution in [0.5, 0.6) is 0 Å². The molecule has 0 radical (unpaired) electrons. The number of nitrogens with zero attached hydrogens (tertiary/aromatic N) is 1. The van der Waals surface area contributed by atoms with Gasteiger partial charge in [0.25, 0.3) is 5.91 Å². The highest BCUT2D eigenvalue weighted by Crippen LogP contribution is 2.16. The number of quaternary nitrogens is 1. The van der Waals surface area contributed by atoms with Crippen molar-refractivity contribution in [1.82, 2.24) is 9.62 Å². The van der Waals surface area contributed by atoms with Crippen LogP contribution in [-0.2, 0) is 21.4 Å². The largest absolute Gasteiger partial charge is 0.347 e. The summed E-state index contributed by atoms with van der Waals surface area (Å²) < 4.78 is 40.1. The van der Waals surface area contributed by atoms with Gasteiger partial charge in [-0.1, -0.05) is 29.8 Å². The molecular weight excluding hydrogens is 393 g/mol. The van der Waals surface area contributed by atoms with Crippen LogP contribution in [0.2, 0.25) is 0 Å². The SMILES string of the molecule is Cc1ccc(S(=O)(=O)N2CC[NH+]([C@H](C)C(=O)NCc3ccc(F)cc3)CC2)cc1. The van der Waals surface area contributed by atoms with E-state index < -0.39 is 10.0 Å². The van der Waals surface area contributed by atoms with Crippen LogP contribution in [0.4, 0.5) is 4.39 Å². The molecule has 0 aromatic heterocycles. The molecule has 1 atom stereocenters. The molecule has 1 aliphatic heterocycles. The van der Waals surface area contributed by atoms with E-state index in [0.29, 0.717) is 37.6 Å². The summed E-state index contributed by atoms with van der Waals surface area (Å²) in [6.07, 6.45) is 0. The van der Waals surface area contributed by atoms with Crippen LogP contribution in [0.1, 0.15) is 18.1 Å². The van der Waals surface area contributed by atoms with Crippen molar-refractivity contribution >= 4 is 15.9 Å². The maximum atomic E-state index is 13.0. The van der Waals surface area contributed by atoms with Crippen molar-refractivity contribution in [3.05, 3.63) is 65.5 Å². The Morgan fingerprint density at radius 3 is 2.28 bits per heavy atom. The lowest BCUT2D eigenvalue weighted by Gasteiger charge is -2.34. The highest BCUT2D eigenvalue weighted by Gasteiger charge is 2.34. The molecule has 0 saturated carbocycles. The van der Waals surface area contributed by atoms with E-state index in [1.54, 1.807) is 36.4 Å². The molecule has 2 N–H and O–H groups in total. The Bertz CT molecular complexity index is 938. The number of benzene rings is 2. The summed E-state index contributed by atoms with van der Waals surface area (Å²) in [6, 6.07) is 12.6. The number of aryl methyl sites for hydroxylation is 1. The molecule has 0 spiro atoms. The molecule has 3 rings (SSSR count). The molecule has 1 heterocycles. The first-order chi connectivity index (χ1) is 13.8. The summed E-state index contributed by atoms with van der Waals surface area (Å²) in [5.74, 6) is -0.407. The normalized spacial score (nSPS) is 17.1. The van der Waals surface area contributed by atoms with Gasteiger partial charge in [-0.25, -0.2) is 12.8 Å². The number of hydrogen-bond acceptors (Lipinski definition) is 3. The molecular formula is C21H27FN3O3S+. The number of nitrogens with one attached hydrogen (secondary N) is 2. The van der Waals surface area contributed by atoms with Crippen molar-refractivity contribution in [3.8, 4) is 0 Å². The zero-order valence-electron chi connectivity index (χ0n) is 16.7. The molecule has 8 heteroatoms. The Hall–Kier alpha value is -2.29. The molecule has 2 aromatic rings. The Kier molecular flexibility index (Phi) is 6.66. The van der Waals surface area contributed by atoms with E-state index in [2.05, 4.69) is 5.32 Å². The maximum Gasteiger partial charge on any atom is 0.278 e. The molecule has 6 nitrogen and oxygen atoms in total. The van der Waals surface area contributed by atoms with Gasteiger partial charge >= 0.3 is 0 Å². The number of sulfonamides is 1. The van der Waals surface area contributed by atoms with Crippen LogP contribution in [0.15, 0.2) is 53.4 Å². The molecule has 1 saturated heterocycles. The minimum Gasteiger partial charge on any atom is -0.347 e. The first kappa shape index (κ1) is 21.4. The first-order valence-electron chi connectivity index (χ1n) is 9.71. The van der Waals surface area contributed by atoms with Crippen molar-refractivity contribution in [3.63, 3.8) is 0 Å². The van der Waals surface area contributed by atoms with E-state index in [4.69, 9.17) is 0 Å². The zero-order chi connectivity index (χ0) is 21.0. The quantitative estimate of drug-likeness (QED) is 0.724. The second-order valence-electron chi connectivity index (χ2n) is 7.44. The van der Waals surface area contributed by atoms with Gasteiger partial charge in [0, 0.05) is 6.54 Å². The van der Waals surface area contributed by atoms with Gasteiger partial charge in [-0.05, 0) is 43.7 Å². The average molecular weight is 421 g/mol. The fourth-order valence-electron chi connectivity index (χ4n) is 3.44. The number of carbonyl (C=O) groups is 1. The number of amides is 1.